The molecule has 1 saturated heterocycles. The SMILES string of the molecule is O=C(O)c1cnc(NCC2CCN(c3ccc(Br)cc3)C2)cn1. The lowest BCUT2D eigenvalue weighted by Crippen LogP contribution is -2.22. The number of aromatic nitrogens is 2. The molecule has 0 spiro atoms. The molecule has 0 amide bonds. The number of rotatable bonds is 5. The molecule has 0 bridgehead atoms. The number of carboxylic acid groups (broad SMARTS) is 1. The molecular weight excluding hydrogens is 360 g/mol. The highest BCUT2D eigenvalue weighted by Crippen LogP contribution is 2.25. The summed E-state index contributed by atoms with van der Waals surface area (Å²) in [7, 11) is 0. The Morgan fingerprint density at radius 3 is 2.74 bits per heavy atom. The number of anilines is 2. The molecule has 0 radical (unpaired) electrons. The molecule has 2 N–H and O–H groups in total. The second kappa shape index (κ2) is 6.95. The normalized spacial score (nSPS) is 17.3. The maximum absolute atomic E-state index is 10.7. The molecule has 23 heavy (non-hydrogen) atoms. The monoisotopic (exact) mass is 376 g/mol. The van der Waals surface area contributed by atoms with Gasteiger partial charge in [0.05, 0.1) is 12.4 Å². The number of nitrogens with zero attached hydrogens (tertiary/aromatic N) is 3. The molecule has 1 atom stereocenters. The van der Waals surface area contributed by atoms with Crippen molar-refractivity contribution >= 4 is 33.4 Å². The van der Waals surface area contributed by atoms with Crippen LogP contribution in [0.3, 0.4) is 0 Å². The van der Waals surface area contributed by atoms with Gasteiger partial charge in [0.15, 0.2) is 5.69 Å². The van der Waals surface area contributed by atoms with Crippen LogP contribution < -0.4 is 10.2 Å². The lowest BCUT2D eigenvalue weighted by Gasteiger charge is -2.19. The summed E-state index contributed by atoms with van der Waals surface area (Å²) in [5.41, 5.74) is 1.19. The van der Waals surface area contributed by atoms with Gasteiger partial charge in [0.2, 0.25) is 0 Å². The number of carbonyl (C=O) groups is 1. The van der Waals surface area contributed by atoms with Crippen molar-refractivity contribution in [2.75, 3.05) is 29.9 Å². The van der Waals surface area contributed by atoms with E-state index in [0.29, 0.717) is 11.7 Å². The van der Waals surface area contributed by atoms with Gasteiger partial charge in [-0.3, -0.25) is 0 Å². The van der Waals surface area contributed by atoms with Crippen LogP contribution in [0.2, 0.25) is 0 Å². The molecule has 0 aliphatic carbocycles. The molecule has 0 saturated carbocycles. The van der Waals surface area contributed by atoms with Crippen molar-refractivity contribution in [2.24, 2.45) is 5.92 Å². The molecule has 2 heterocycles. The van der Waals surface area contributed by atoms with E-state index in [1.54, 1.807) is 0 Å². The first-order chi connectivity index (χ1) is 11.1. The quantitative estimate of drug-likeness (QED) is 0.835. The van der Waals surface area contributed by atoms with E-state index in [0.717, 1.165) is 30.5 Å². The van der Waals surface area contributed by atoms with Gasteiger partial charge in [0, 0.05) is 29.8 Å². The second-order valence-corrected chi connectivity index (χ2v) is 6.47. The highest BCUT2D eigenvalue weighted by Gasteiger charge is 2.22. The number of benzene rings is 1. The van der Waals surface area contributed by atoms with Crippen molar-refractivity contribution in [3.63, 3.8) is 0 Å². The van der Waals surface area contributed by atoms with Gasteiger partial charge in [-0.05, 0) is 36.6 Å². The van der Waals surface area contributed by atoms with Gasteiger partial charge < -0.3 is 15.3 Å². The van der Waals surface area contributed by atoms with Crippen LogP contribution in [0.1, 0.15) is 16.9 Å². The van der Waals surface area contributed by atoms with Gasteiger partial charge in [-0.2, -0.15) is 0 Å². The Bertz CT molecular complexity index is 675. The highest BCUT2D eigenvalue weighted by atomic mass is 79.9. The summed E-state index contributed by atoms with van der Waals surface area (Å²) in [4.78, 5) is 21.0. The fourth-order valence-corrected chi connectivity index (χ4v) is 2.93. The van der Waals surface area contributed by atoms with Crippen molar-refractivity contribution in [2.45, 2.75) is 6.42 Å². The first-order valence-electron chi connectivity index (χ1n) is 7.41. The molecule has 1 fully saturated rings. The zero-order valence-electron chi connectivity index (χ0n) is 12.4. The van der Waals surface area contributed by atoms with E-state index < -0.39 is 5.97 Å². The van der Waals surface area contributed by atoms with E-state index in [9.17, 15) is 4.79 Å². The number of carboxylic acids is 1. The molecule has 1 aliphatic heterocycles. The minimum atomic E-state index is -1.06. The fourth-order valence-electron chi connectivity index (χ4n) is 2.66. The van der Waals surface area contributed by atoms with Crippen molar-refractivity contribution < 1.29 is 9.90 Å². The van der Waals surface area contributed by atoms with Crippen LogP contribution in [-0.4, -0.2) is 40.7 Å². The smallest absolute Gasteiger partial charge is 0.356 e. The van der Waals surface area contributed by atoms with E-state index in [1.807, 2.05) is 0 Å². The van der Waals surface area contributed by atoms with Crippen molar-refractivity contribution in [3.05, 3.63) is 46.8 Å². The topological polar surface area (TPSA) is 78.3 Å². The van der Waals surface area contributed by atoms with Crippen molar-refractivity contribution in [1.29, 1.82) is 0 Å². The van der Waals surface area contributed by atoms with Gasteiger partial charge >= 0.3 is 5.97 Å². The van der Waals surface area contributed by atoms with E-state index in [-0.39, 0.29) is 5.69 Å². The molecular formula is C16H17BrN4O2. The molecule has 1 aromatic heterocycles. The summed E-state index contributed by atoms with van der Waals surface area (Å²) < 4.78 is 1.09. The van der Waals surface area contributed by atoms with Gasteiger partial charge in [-0.15, -0.1) is 0 Å². The summed E-state index contributed by atoms with van der Waals surface area (Å²) in [6, 6.07) is 8.35. The summed E-state index contributed by atoms with van der Waals surface area (Å²) in [6.45, 7) is 2.83. The van der Waals surface area contributed by atoms with Crippen LogP contribution in [-0.2, 0) is 0 Å². The second-order valence-electron chi connectivity index (χ2n) is 5.55. The summed E-state index contributed by atoms with van der Waals surface area (Å²) in [5.74, 6) is 0.0710. The predicted octanol–water partition coefficient (Wildman–Crippen LogP) is 2.88. The zero-order chi connectivity index (χ0) is 16.2. The molecule has 120 valence electrons. The Balaban J connectivity index is 1.52. The Morgan fingerprint density at radius 1 is 1.30 bits per heavy atom. The Hall–Kier alpha value is -2.15. The van der Waals surface area contributed by atoms with Crippen LogP contribution in [0.25, 0.3) is 0 Å². The average Bonchev–Trinajstić information content (AvgIpc) is 3.03. The Morgan fingerprint density at radius 2 is 2.09 bits per heavy atom. The standard InChI is InChI=1S/C16H17BrN4O2/c17-12-1-3-13(4-2-12)21-6-5-11(10-21)7-19-15-9-18-14(8-20-15)16(22)23/h1-4,8-9,11H,5-7,10H2,(H,19,20)(H,22,23). The summed E-state index contributed by atoms with van der Waals surface area (Å²) in [6.07, 6.45) is 3.85. The first kappa shape index (κ1) is 15.7. The van der Waals surface area contributed by atoms with Crippen molar-refractivity contribution in [3.8, 4) is 0 Å². The van der Waals surface area contributed by atoms with Gasteiger partial charge in [-0.1, -0.05) is 15.9 Å². The van der Waals surface area contributed by atoms with Crippen LogP contribution in [0.15, 0.2) is 41.1 Å². The first-order valence-corrected chi connectivity index (χ1v) is 8.21. The average molecular weight is 377 g/mol. The minimum absolute atomic E-state index is 0.0437. The fraction of sp³-hybridized carbons (Fsp3) is 0.312. The van der Waals surface area contributed by atoms with E-state index in [1.165, 1.54) is 18.1 Å². The van der Waals surface area contributed by atoms with Crippen LogP contribution in [0.5, 0.6) is 0 Å². The third-order valence-electron chi connectivity index (χ3n) is 3.92. The molecule has 6 nitrogen and oxygen atoms in total. The maximum atomic E-state index is 10.7. The number of hydrogen-bond donors (Lipinski definition) is 2. The van der Waals surface area contributed by atoms with Gasteiger partial charge in [0.25, 0.3) is 0 Å². The van der Waals surface area contributed by atoms with E-state index >= 15 is 0 Å². The number of aromatic carboxylic acids is 1. The zero-order valence-corrected chi connectivity index (χ0v) is 14.0. The molecule has 7 heteroatoms. The molecule has 1 unspecified atom stereocenters. The van der Waals surface area contributed by atoms with Crippen LogP contribution >= 0.6 is 15.9 Å². The Labute approximate surface area is 142 Å². The summed E-state index contributed by atoms with van der Waals surface area (Å²) >= 11 is 3.45. The number of halogens is 1. The number of hydrogen-bond acceptors (Lipinski definition) is 5. The van der Waals surface area contributed by atoms with Gasteiger partial charge in [0.1, 0.15) is 5.82 Å². The third kappa shape index (κ3) is 3.98. The van der Waals surface area contributed by atoms with E-state index in [4.69, 9.17) is 5.11 Å². The van der Waals surface area contributed by atoms with Gasteiger partial charge in [-0.25, -0.2) is 14.8 Å². The molecule has 2 aromatic rings. The maximum Gasteiger partial charge on any atom is 0.356 e. The largest absolute Gasteiger partial charge is 0.476 e. The predicted molar refractivity (Wildman–Crippen MR) is 91.9 cm³/mol. The molecule has 1 aromatic carbocycles. The lowest BCUT2D eigenvalue weighted by molar-refractivity contribution is 0.0690. The highest BCUT2D eigenvalue weighted by molar-refractivity contribution is 9.10. The molecule has 3 rings (SSSR count). The van der Waals surface area contributed by atoms with Crippen LogP contribution in [0, 0.1) is 5.92 Å². The van der Waals surface area contributed by atoms with Crippen molar-refractivity contribution in [1.82, 2.24) is 9.97 Å². The lowest BCUT2D eigenvalue weighted by atomic mass is 10.1. The molecule has 1 aliphatic rings. The third-order valence-corrected chi connectivity index (χ3v) is 4.45. The Kier molecular flexibility index (Phi) is 4.76. The summed E-state index contributed by atoms with van der Waals surface area (Å²) in [5, 5.41) is 12.0. The number of nitrogens with one attached hydrogen (secondary N) is 1. The minimum Gasteiger partial charge on any atom is -0.476 e. The van der Waals surface area contributed by atoms with E-state index in [2.05, 4.69) is 60.4 Å². The van der Waals surface area contributed by atoms with Crippen LogP contribution in [0.4, 0.5) is 11.5 Å².